The monoisotopic (exact) mass is 256 g/mol. The molecule has 1 aromatic carbocycles. The number of ether oxygens (including phenoxy) is 1. The molecule has 2 rings (SSSR count). The second-order valence-electron chi connectivity index (χ2n) is 4.57. The first-order valence-corrected chi connectivity index (χ1v) is 6.58. The Morgan fingerprint density at radius 2 is 2.05 bits per heavy atom. The fourth-order valence-corrected chi connectivity index (χ4v) is 1.96. The fourth-order valence-electron chi connectivity index (χ4n) is 1.96. The largest absolute Gasteiger partial charge is 0.476 e. The van der Waals surface area contributed by atoms with Gasteiger partial charge in [0.05, 0.1) is 12.3 Å². The molecule has 0 aliphatic rings. The van der Waals surface area contributed by atoms with E-state index in [1.165, 1.54) is 16.7 Å². The van der Waals surface area contributed by atoms with Gasteiger partial charge in [-0.1, -0.05) is 23.8 Å². The first-order valence-electron chi connectivity index (χ1n) is 6.58. The maximum Gasteiger partial charge on any atom is 0.237 e. The number of benzene rings is 1. The van der Waals surface area contributed by atoms with E-state index in [4.69, 9.17) is 4.74 Å². The van der Waals surface area contributed by atoms with Crippen LogP contribution >= 0.6 is 0 Å². The van der Waals surface area contributed by atoms with E-state index in [0.29, 0.717) is 12.5 Å². The third kappa shape index (κ3) is 3.47. The predicted octanol–water partition coefficient (Wildman–Crippen LogP) is 3.71. The third-order valence-electron chi connectivity index (χ3n) is 3.03. The van der Waals surface area contributed by atoms with Gasteiger partial charge in [0.1, 0.15) is 0 Å². The highest BCUT2D eigenvalue weighted by Gasteiger charge is 2.04. The van der Waals surface area contributed by atoms with Gasteiger partial charge < -0.3 is 10.1 Å². The van der Waals surface area contributed by atoms with Gasteiger partial charge in [0.25, 0.3) is 0 Å². The molecule has 0 saturated heterocycles. The zero-order valence-electron chi connectivity index (χ0n) is 11.7. The highest BCUT2D eigenvalue weighted by Crippen LogP contribution is 2.22. The molecule has 0 aliphatic heterocycles. The van der Waals surface area contributed by atoms with Crippen molar-refractivity contribution in [2.24, 2.45) is 0 Å². The lowest BCUT2D eigenvalue weighted by atomic mass is 10.1. The number of pyridine rings is 1. The summed E-state index contributed by atoms with van der Waals surface area (Å²) in [4.78, 5) is 4.24. The molecule has 0 bridgehead atoms. The van der Waals surface area contributed by atoms with E-state index < -0.39 is 0 Å². The number of nitrogens with one attached hydrogen (secondary N) is 1. The van der Waals surface area contributed by atoms with Crippen LogP contribution in [0, 0.1) is 13.8 Å². The average Bonchev–Trinajstić information content (AvgIpc) is 2.42. The molecule has 19 heavy (non-hydrogen) atoms. The average molecular weight is 256 g/mol. The van der Waals surface area contributed by atoms with E-state index in [1.807, 2.05) is 19.1 Å². The molecule has 1 heterocycles. The molecule has 0 radical (unpaired) electrons. The van der Waals surface area contributed by atoms with Crippen LogP contribution in [0.25, 0.3) is 0 Å². The lowest BCUT2D eigenvalue weighted by molar-refractivity contribution is 0.328. The first-order chi connectivity index (χ1) is 9.20. The van der Waals surface area contributed by atoms with Gasteiger partial charge in [-0.05, 0) is 44.0 Å². The van der Waals surface area contributed by atoms with Crippen molar-refractivity contribution in [1.29, 1.82) is 0 Å². The van der Waals surface area contributed by atoms with Gasteiger partial charge in [-0.25, -0.2) is 4.98 Å². The highest BCUT2D eigenvalue weighted by molar-refractivity contribution is 5.52. The van der Waals surface area contributed by atoms with Crippen molar-refractivity contribution >= 4 is 5.69 Å². The Hall–Kier alpha value is -2.03. The SMILES string of the molecule is CCOc1ncccc1NCc1cc(C)ccc1C. The Morgan fingerprint density at radius 3 is 2.84 bits per heavy atom. The molecule has 0 fully saturated rings. The van der Waals surface area contributed by atoms with Crippen molar-refractivity contribution in [3.8, 4) is 5.88 Å². The Bertz CT molecular complexity index is 552. The molecule has 0 spiro atoms. The lowest BCUT2D eigenvalue weighted by Crippen LogP contribution is -2.05. The van der Waals surface area contributed by atoms with Crippen LogP contribution in [0.15, 0.2) is 36.5 Å². The second-order valence-corrected chi connectivity index (χ2v) is 4.57. The number of nitrogens with zero attached hydrogens (tertiary/aromatic N) is 1. The molecule has 0 amide bonds. The molecule has 0 atom stereocenters. The summed E-state index contributed by atoms with van der Waals surface area (Å²) in [5.74, 6) is 0.662. The Labute approximate surface area is 114 Å². The van der Waals surface area contributed by atoms with E-state index in [1.54, 1.807) is 6.20 Å². The maximum atomic E-state index is 5.51. The minimum absolute atomic E-state index is 0.620. The minimum atomic E-state index is 0.620. The molecule has 1 aromatic heterocycles. The summed E-state index contributed by atoms with van der Waals surface area (Å²) in [5.41, 5.74) is 4.80. The van der Waals surface area contributed by atoms with Crippen LogP contribution in [0.1, 0.15) is 23.6 Å². The summed E-state index contributed by atoms with van der Waals surface area (Å²) in [5, 5.41) is 3.39. The lowest BCUT2D eigenvalue weighted by Gasteiger charge is -2.12. The van der Waals surface area contributed by atoms with Crippen molar-refractivity contribution in [1.82, 2.24) is 4.98 Å². The van der Waals surface area contributed by atoms with Crippen LogP contribution in [-0.2, 0) is 6.54 Å². The molecular weight excluding hydrogens is 236 g/mol. The fraction of sp³-hybridized carbons (Fsp3) is 0.312. The van der Waals surface area contributed by atoms with Crippen molar-refractivity contribution in [2.45, 2.75) is 27.3 Å². The molecule has 0 aliphatic carbocycles. The molecule has 0 saturated carbocycles. The van der Waals surface area contributed by atoms with Crippen molar-refractivity contribution in [3.05, 3.63) is 53.2 Å². The summed E-state index contributed by atoms with van der Waals surface area (Å²) in [6.45, 7) is 7.60. The zero-order chi connectivity index (χ0) is 13.7. The van der Waals surface area contributed by atoms with Gasteiger partial charge >= 0.3 is 0 Å². The van der Waals surface area contributed by atoms with Crippen LogP contribution in [0.5, 0.6) is 5.88 Å². The van der Waals surface area contributed by atoms with Crippen LogP contribution in [0.3, 0.4) is 0 Å². The zero-order valence-corrected chi connectivity index (χ0v) is 11.7. The maximum absolute atomic E-state index is 5.51. The van der Waals surface area contributed by atoms with Gasteiger partial charge in [0.2, 0.25) is 5.88 Å². The number of aryl methyl sites for hydroxylation is 2. The van der Waals surface area contributed by atoms with E-state index in [-0.39, 0.29) is 0 Å². The topological polar surface area (TPSA) is 34.1 Å². The third-order valence-corrected chi connectivity index (χ3v) is 3.03. The second kappa shape index (κ2) is 6.23. The van der Waals surface area contributed by atoms with Crippen LogP contribution < -0.4 is 10.1 Å². The van der Waals surface area contributed by atoms with Crippen molar-refractivity contribution in [3.63, 3.8) is 0 Å². The Kier molecular flexibility index (Phi) is 4.39. The number of rotatable bonds is 5. The molecule has 0 unspecified atom stereocenters. The number of aromatic nitrogens is 1. The summed E-state index contributed by atoms with van der Waals surface area (Å²) >= 11 is 0. The molecule has 3 heteroatoms. The van der Waals surface area contributed by atoms with Gasteiger partial charge in [0.15, 0.2) is 0 Å². The van der Waals surface area contributed by atoms with E-state index in [0.717, 1.165) is 12.2 Å². The van der Waals surface area contributed by atoms with Crippen molar-refractivity contribution in [2.75, 3.05) is 11.9 Å². The van der Waals surface area contributed by atoms with Gasteiger partial charge in [0, 0.05) is 12.7 Å². The minimum Gasteiger partial charge on any atom is -0.476 e. The number of hydrogen-bond acceptors (Lipinski definition) is 3. The van der Waals surface area contributed by atoms with E-state index >= 15 is 0 Å². The van der Waals surface area contributed by atoms with Gasteiger partial charge in [-0.15, -0.1) is 0 Å². The molecule has 1 N–H and O–H groups in total. The van der Waals surface area contributed by atoms with E-state index in [9.17, 15) is 0 Å². The Balaban J connectivity index is 2.12. The first kappa shape index (κ1) is 13.4. The smallest absolute Gasteiger partial charge is 0.237 e. The molecule has 100 valence electrons. The molecule has 2 aromatic rings. The number of hydrogen-bond donors (Lipinski definition) is 1. The summed E-state index contributed by atoms with van der Waals surface area (Å²) in [6.07, 6.45) is 1.74. The summed E-state index contributed by atoms with van der Waals surface area (Å²) < 4.78 is 5.51. The molecule has 3 nitrogen and oxygen atoms in total. The number of anilines is 1. The standard InChI is InChI=1S/C16H20N2O/c1-4-19-16-15(6-5-9-17-16)18-11-14-10-12(2)7-8-13(14)3/h5-10,18H,4,11H2,1-3H3. The van der Waals surface area contributed by atoms with E-state index in [2.05, 4.69) is 42.3 Å². The summed E-state index contributed by atoms with van der Waals surface area (Å²) in [7, 11) is 0. The highest BCUT2D eigenvalue weighted by atomic mass is 16.5. The van der Waals surface area contributed by atoms with Gasteiger partial charge in [-0.3, -0.25) is 0 Å². The van der Waals surface area contributed by atoms with Crippen LogP contribution in [-0.4, -0.2) is 11.6 Å². The van der Waals surface area contributed by atoms with Crippen molar-refractivity contribution < 1.29 is 4.74 Å². The van der Waals surface area contributed by atoms with Crippen LogP contribution in [0.2, 0.25) is 0 Å². The Morgan fingerprint density at radius 1 is 1.21 bits per heavy atom. The van der Waals surface area contributed by atoms with Crippen LogP contribution in [0.4, 0.5) is 5.69 Å². The quantitative estimate of drug-likeness (QED) is 0.885. The van der Waals surface area contributed by atoms with Gasteiger partial charge in [-0.2, -0.15) is 0 Å². The summed E-state index contributed by atoms with van der Waals surface area (Å²) in [6, 6.07) is 10.4. The normalized spacial score (nSPS) is 10.3. The molecular formula is C16H20N2O. The predicted molar refractivity (Wildman–Crippen MR) is 78.6 cm³/mol.